The molecule has 0 radical (unpaired) electrons. The van der Waals surface area contributed by atoms with E-state index >= 15 is 0 Å². The van der Waals surface area contributed by atoms with E-state index in [0.29, 0.717) is 11.6 Å². The van der Waals surface area contributed by atoms with Crippen LogP contribution in [0, 0.1) is 11.2 Å². The van der Waals surface area contributed by atoms with E-state index in [1.807, 2.05) is 0 Å². The fourth-order valence-corrected chi connectivity index (χ4v) is 1.57. The molecule has 11 heavy (non-hydrogen) atoms. The van der Waals surface area contributed by atoms with Crippen LogP contribution in [0.5, 0.6) is 0 Å². The van der Waals surface area contributed by atoms with Gasteiger partial charge in [-0.2, -0.15) is 0 Å². The maximum Gasteiger partial charge on any atom is 0.273 e. The maximum atomic E-state index is 8.84. The molecule has 1 unspecified atom stereocenters. The summed E-state index contributed by atoms with van der Waals surface area (Å²) < 4.78 is 0. The summed E-state index contributed by atoms with van der Waals surface area (Å²) in [6.45, 7) is 8.85. The minimum Gasteiger partial charge on any atom is -0.213 e. The van der Waals surface area contributed by atoms with Crippen LogP contribution < -0.4 is 0 Å². The van der Waals surface area contributed by atoms with Crippen LogP contribution in [0.15, 0.2) is 0 Å². The van der Waals surface area contributed by atoms with Crippen LogP contribution in [0.2, 0.25) is 11.6 Å². The second kappa shape index (κ2) is 5.24. The van der Waals surface area contributed by atoms with Gasteiger partial charge in [-0.05, 0) is 0 Å². The summed E-state index contributed by atoms with van der Waals surface area (Å²) in [5.74, 6) is 3.45. The van der Waals surface area contributed by atoms with Gasteiger partial charge in [-0.1, -0.05) is 52.2 Å². The molecule has 0 saturated carbocycles. The third-order valence-corrected chi connectivity index (χ3v) is 2.22. The average molecular weight is 151 g/mol. The molecule has 0 amide bonds. The highest BCUT2D eigenvalue weighted by Gasteiger charge is 2.24. The first-order valence-corrected chi connectivity index (χ1v) is 4.53. The normalized spacial score (nSPS) is 12.7. The van der Waals surface area contributed by atoms with Gasteiger partial charge < -0.3 is 0 Å². The molecule has 0 fully saturated rings. The summed E-state index contributed by atoms with van der Waals surface area (Å²) in [6, 6.07) is 0. The Morgan fingerprint density at radius 1 is 1.36 bits per heavy atom. The minimum absolute atomic E-state index is 0.245. The van der Waals surface area contributed by atoms with E-state index in [-0.39, 0.29) is 6.71 Å². The number of nitrogens with zero attached hydrogens (tertiary/aromatic N) is 1. The zero-order valence-corrected chi connectivity index (χ0v) is 8.09. The second-order valence-corrected chi connectivity index (χ2v) is 3.66. The molecule has 1 nitrogen and oxygen atoms in total. The van der Waals surface area contributed by atoms with Gasteiger partial charge in [0.15, 0.2) is 0 Å². The quantitative estimate of drug-likeness (QED) is 0.566. The van der Waals surface area contributed by atoms with Gasteiger partial charge >= 0.3 is 0 Å². The van der Waals surface area contributed by atoms with E-state index in [9.17, 15) is 0 Å². The molecule has 1 atom stereocenters. The molecular weight excluding hydrogens is 133 g/mol. The van der Waals surface area contributed by atoms with Crippen LogP contribution in [0.1, 0.15) is 40.5 Å². The Kier molecular flexibility index (Phi) is 5.03. The van der Waals surface area contributed by atoms with E-state index < -0.39 is 0 Å². The molecule has 0 N–H and O–H groups in total. The van der Waals surface area contributed by atoms with Crippen LogP contribution in [0.25, 0.3) is 0 Å². The SMILES string of the molecule is CCCC(C)B(C#N)C(C)C. The van der Waals surface area contributed by atoms with E-state index in [1.54, 1.807) is 0 Å². The molecule has 0 rings (SSSR count). The van der Waals surface area contributed by atoms with E-state index in [1.165, 1.54) is 12.8 Å². The summed E-state index contributed by atoms with van der Waals surface area (Å²) in [6.07, 6.45) is 2.36. The second-order valence-electron chi connectivity index (χ2n) is 3.66. The molecule has 0 aliphatic rings. The number of rotatable bonds is 4. The summed E-state index contributed by atoms with van der Waals surface area (Å²) >= 11 is 0. The maximum absolute atomic E-state index is 8.84. The van der Waals surface area contributed by atoms with Crippen molar-refractivity contribution in [3.8, 4) is 5.97 Å². The first-order valence-electron chi connectivity index (χ1n) is 4.53. The molecule has 0 saturated heterocycles. The van der Waals surface area contributed by atoms with Crippen LogP contribution in [-0.2, 0) is 0 Å². The van der Waals surface area contributed by atoms with Gasteiger partial charge in [-0.25, -0.2) is 5.26 Å². The zero-order valence-electron chi connectivity index (χ0n) is 8.09. The van der Waals surface area contributed by atoms with Crippen molar-refractivity contribution in [1.29, 1.82) is 5.26 Å². The highest BCUT2D eigenvalue weighted by molar-refractivity contribution is 6.69. The molecule has 2 heteroatoms. The molecule has 0 heterocycles. The standard InChI is InChI=1S/C9H18BN/c1-5-6-9(4)10(7-11)8(2)3/h8-9H,5-6H2,1-4H3. The Hall–Kier alpha value is -0.445. The summed E-state index contributed by atoms with van der Waals surface area (Å²) in [4.78, 5) is 0. The van der Waals surface area contributed by atoms with Crippen molar-refractivity contribution in [2.45, 2.75) is 52.2 Å². The van der Waals surface area contributed by atoms with E-state index in [2.05, 4.69) is 33.7 Å². The molecule has 62 valence electrons. The number of hydrogen-bond acceptors (Lipinski definition) is 1. The third kappa shape index (κ3) is 3.46. The molecule has 0 aliphatic heterocycles. The van der Waals surface area contributed by atoms with Gasteiger partial charge in [0.1, 0.15) is 0 Å². The molecular formula is C9H18BN. The predicted octanol–water partition coefficient (Wildman–Crippen LogP) is 3.14. The lowest BCUT2D eigenvalue weighted by Crippen LogP contribution is -2.20. The Bertz CT molecular complexity index is 137. The van der Waals surface area contributed by atoms with Gasteiger partial charge in [0.05, 0.1) is 0 Å². The van der Waals surface area contributed by atoms with Gasteiger partial charge in [-0.15, -0.1) is 0 Å². The largest absolute Gasteiger partial charge is 0.273 e. The Labute approximate surface area is 70.9 Å². The van der Waals surface area contributed by atoms with Gasteiger partial charge in [0.2, 0.25) is 0 Å². The molecule has 0 aromatic heterocycles. The fraction of sp³-hybridized carbons (Fsp3) is 0.889. The van der Waals surface area contributed by atoms with Gasteiger partial charge in [0, 0.05) is 5.97 Å². The van der Waals surface area contributed by atoms with Gasteiger partial charge in [0.25, 0.3) is 6.71 Å². The fourth-order valence-electron chi connectivity index (χ4n) is 1.57. The molecule has 0 aliphatic carbocycles. The topological polar surface area (TPSA) is 23.8 Å². The number of nitriles is 1. The minimum atomic E-state index is 0.245. The highest BCUT2D eigenvalue weighted by atomic mass is 14.2. The van der Waals surface area contributed by atoms with Crippen molar-refractivity contribution >= 4 is 6.71 Å². The average Bonchev–Trinajstić information content (AvgIpc) is 1.88. The summed E-state index contributed by atoms with van der Waals surface area (Å²) in [5, 5.41) is 8.84. The van der Waals surface area contributed by atoms with Crippen molar-refractivity contribution in [3.63, 3.8) is 0 Å². The van der Waals surface area contributed by atoms with Gasteiger partial charge in [-0.3, -0.25) is 0 Å². The van der Waals surface area contributed by atoms with Crippen LogP contribution in [0.3, 0.4) is 0 Å². The Morgan fingerprint density at radius 3 is 2.18 bits per heavy atom. The third-order valence-electron chi connectivity index (χ3n) is 2.22. The lowest BCUT2D eigenvalue weighted by molar-refractivity contribution is 0.745. The molecule has 0 aromatic carbocycles. The molecule has 0 bridgehead atoms. The summed E-state index contributed by atoms with van der Waals surface area (Å²) in [5.41, 5.74) is 0. The zero-order chi connectivity index (χ0) is 8.85. The number of hydrogen-bond donors (Lipinski definition) is 0. The predicted molar refractivity (Wildman–Crippen MR) is 50.8 cm³/mol. The molecule has 0 aromatic rings. The van der Waals surface area contributed by atoms with Crippen molar-refractivity contribution in [3.05, 3.63) is 0 Å². The van der Waals surface area contributed by atoms with E-state index in [4.69, 9.17) is 5.26 Å². The lowest BCUT2D eigenvalue weighted by atomic mass is 9.35. The van der Waals surface area contributed by atoms with Crippen molar-refractivity contribution in [2.24, 2.45) is 0 Å². The van der Waals surface area contributed by atoms with Crippen molar-refractivity contribution in [2.75, 3.05) is 0 Å². The lowest BCUT2D eigenvalue weighted by Gasteiger charge is -2.15. The first-order chi connectivity index (χ1) is 5.13. The highest BCUT2D eigenvalue weighted by Crippen LogP contribution is 2.23. The monoisotopic (exact) mass is 151 g/mol. The van der Waals surface area contributed by atoms with Crippen LogP contribution >= 0.6 is 0 Å². The van der Waals surface area contributed by atoms with Crippen LogP contribution in [-0.4, -0.2) is 6.71 Å². The van der Waals surface area contributed by atoms with Crippen molar-refractivity contribution < 1.29 is 0 Å². The summed E-state index contributed by atoms with van der Waals surface area (Å²) in [7, 11) is 0. The smallest absolute Gasteiger partial charge is 0.213 e. The Morgan fingerprint density at radius 2 is 1.91 bits per heavy atom. The molecule has 0 spiro atoms. The van der Waals surface area contributed by atoms with Crippen molar-refractivity contribution in [1.82, 2.24) is 0 Å². The Balaban J connectivity index is 3.94. The van der Waals surface area contributed by atoms with E-state index in [0.717, 1.165) is 0 Å². The first kappa shape index (κ1) is 10.6. The van der Waals surface area contributed by atoms with Crippen LogP contribution in [0.4, 0.5) is 0 Å².